The molecule has 0 saturated carbocycles. The van der Waals surface area contributed by atoms with Gasteiger partial charge < -0.3 is 11.1 Å². The van der Waals surface area contributed by atoms with Gasteiger partial charge in [0, 0.05) is 27.0 Å². The molecule has 1 amide bonds. The molecular formula is C15H11BrN2O2. The average molecular weight is 331 g/mol. The van der Waals surface area contributed by atoms with Gasteiger partial charge in [-0.15, -0.1) is 0 Å². The molecule has 0 unspecified atom stereocenters. The molecule has 0 spiro atoms. The lowest BCUT2D eigenvalue weighted by molar-refractivity contribution is -0.115. The second kappa shape index (κ2) is 4.76. The monoisotopic (exact) mass is 330 g/mol. The number of hydrogen-bond donors (Lipinski definition) is 2. The van der Waals surface area contributed by atoms with Crippen LogP contribution in [0.4, 0.5) is 11.4 Å². The van der Waals surface area contributed by atoms with Crippen molar-refractivity contribution in [1.29, 1.82) is 0 Å². The molecule has 100 valence electrons. The number of carbonyl (C=O) groups is 2. The Morgan fingerprint density at radius 3 is 2.60 bits per heavy atom. The van der Waals surface area contributed by atoms with Crippen LogP contribution < -0.4 is 11.1 Å². The zero-order valence-electron chi connectivity index (χ0n) is 10.4. The topological polar surface area (TPSA) is 72.2 Å². The van der Waals surface area contributed by atoms with E-state index in [0.29, 0.717) is 23.2 Å². The highest BCUT2D eigenvalue weighted by Gasteiger charge is 2.19. The van der Waals surface area contributed by atoms with Crippen LogP contribution in [-0.2, 0) is 11.2 Å². The van der Waals surface area contributed by atoms with E-state index in [1.54, 1.807) is 36.4 Å². The predicted molar refractivity (Wildman–Crippen MR) is 80.8 cm³/mol. The highest BCUT2D eigenvalue weighted by molar-refractivity contribution is 9.10. The maximum absolute atomic E-state index is 12.4. The van der Waals surface area contributed by atoms with Gasteiger partial charge in [0.25, 0.3) is 0 Å². The number of hydrogen-bond acceptors (Lipinski definition) is 3. The first kappa shape index (κ1) is 12.9. The molecule has 3 N–H and O–H groups in total. The lowest BCUT2D eigenvalue weighted by atomic mass is 10.00. The number of nitrogen functional groups attached to an aromatic ring is 1. The maximum Gasteiger partial charge on any atom is 0.228 e. The van der Waals surface area contributed by atoms with Crippen LogP contribution >= 0.6 is 15.9 Å². The van der Waals surface area contributed by atoms with Crippen molar-refractivity contribution >= 4 is 39.0 Å². The smallest absolute Gasteiger partial charge is 0.228 e. The fourth-order valence-corrected chi connectivity index (χ4v) is 2.47. The van der Waals surface area contributed by atoms with Crippen molar-refractivity contribution in [3.05, 3.63) is 57.6 Å². The van der Waals surface area contributed by atoms with E-state index >= 15 is 0 Å². The van der Waals surface area contributed by atoms with E-state index in [2.05, 4.69) is 21.2 Å². The third-order valence-electron chi connectivity index (χ3n) is 3.25. The lowest BCUT2D eigenvalue weighted by Gasteiger charge is -2.05. The Kier molecular flexibility index (Phi) is 3.06. The first-order valence-electron chi connectivity index (χ1n) is 6.07. The van der Waals surface area contributed by atoms with Gasteiger partial charge in [0.1, 0.15) is 0 Å². The largest absolute Gasteiger partial charge is 0.398 e. The summed E-state index contributed by atoms with van der Waals surface area (Å²) in [6, 6.07) is 10.3. The van der Waals surface area contributed by atoms with Crippen molar-refractivity contribution in [1.82, 2.24) is 0 Å². The molecular weight excluding hydrogens is 320 g/mol. The molecule has 0 bridgehead atoms. The molecule has 3 rings (SSSR count). The summed E-state index contributed by atoms with van der Waals surface area (Å²) < 4.78 is 0.762. The molecule has 1 heterocycles. The molecule has 2 aromatic rings. The molecule has 0 radical (unpaired) electrons. The standard InChI is InChI=1S/C15H11BrN2O2/c16-11-3-1-9(6-12(11)17)15(20)8-2-4-13-10(5-8)7-14(19)18-13/h1-6H,7,17H2,(H,18,19). The van der Waals surface area contributed by atoms with Crippen LogP contribution in [0.15, 0.2) is 40.9 Å². The van der Waals surface area contributed by atoms with Crippen LogP contribution in [0.2, 0.25) is 0 Å². The normalized spacial score (nSPS) is 12.9. The number of nitrogens with two attached hydrogens (primary N) is 1. The number of nitrogens with one attached hydrogen (secondary N) is 1. The van der Waals surface area contributed by atoms with Crippen LogP contribution in [0.1, 0.15) is 21.5 Å². The van der Waals surface area contributed by atoms with Gasteiger partial charge in [-0.05, 0) is 57.9 Å². The summed E-state index contributed by atoms with van der Waals surface area (Å²) in [5.41, 5.74) is 9.03. The molecule has 5 heteroatoms. The van der Waals surface area contributed by atoms with Crippen LogP contribution in [0.3, 0.4) is 0 Å². The minimum absolute atomic E-state index is 0.0440. The molecule has 0 aromatic heterocycles. The fourth-order valence-electron chi connectivity index (χ4n) is 2.22. The molecule has 2 aromatic carbocycles. The van der Waals surface area contributed by atoms with Gasteiger partial charge in [0.05, 0.1) is 6.42 Å². The van der Waals surface area contributed by atoms with Gasteiger partial charge in [0.15, 0.2) is 5.78 Å². The summed E-state index contributed by atoms with van der Waals surface area (Å²) in [5, 5.41) is 2.74. The van der Waals surface area contributed by atoms with Crippen molar-refractivity contribution in [2.75, 3.05) is 11.1 Å². The second-order valence-electron chi connectivity index (χ2n) is 4.66. The van der Waals surface area contributed by atoms with Gasteiger partial charge in [-0.1, -0.05) is 0 Å². The van der Waals surface area contributed by atoms with Gasteiger partial charge in [-0.3, -0.25) is 9.59 Å². The van der Waals surface area contributed by atoms with Gasteiger partial charge in [-0.25, -0.2) is 0 Å². The third kappa shape index (κ3) is 2.20. The van der Waals surface area contributed by atoms with Crippen molar-refractivity contribution in [3.8, 4) is 0 Å². The van der Waals surface area contributed by atoms with Gasteiger partial charge >= 0.3 is 0 Å². The highest BCUT2D eigenvalue weighted by Crippen LogP contribution is 2.26. The van der Waals surface area contributed by atoms with Crippen molar-refractivity contribution < 1.29 is 9.59 Å². The number of amides is 1. The van der Waals surface area contributed by atoms with Crippen molar-refractivity contribution in [2.45, 2.75) is 6.42 Å². The Bertz CT molecular complexity index is 741. The molecule has 0 aliphatic carbocycles. The number of ketones is 1. The zero-order valence-corrected chi connectivity index (χ0v) is 12.0. The Labute approximate surface area is 124 Å². The number of rotatable bonds is 2. The van der Waals surface area contributed by atoms with E-state index in [1.165, 1.54) is 0 Å². The zero-order chi connectivity index (χ0) is 14.3. The summed E-state index contributed by atoms with van der Waals surface area (Å²) in [7, 11) is 0. The fraction of sp³-hybridized carbons (Fsp3) is 0.0667. The van der Waals surface area contributed by atoms with Gasteiger partial charge in [0.2, 0.25) is 5.91 Å². The SMILES string of the molecule is Nc1cc(C(=O)c2ccc3c(c2)CC(=O)N3)ccc1Br. The van der Waals surface area contributed by atoms with E-state index in [9.17, 15) is 9.59 Å². The van der Waals surface area contributed by atoms with E-state index < -0.39 is 0 Å². The minimum atomic E-state index is -0.105. The van der Waals surface area contributed by atoms with E-state index in [-0.39, 0.29) is 11.7 Å². The van der Waals surface area contributed by atoms with Gasteiger partial charge in [-0.2, -0.15) is 0 Å². The summed E-state index contributed by atoms with van der Waals surface area (Å²) in [6.07, 6.45) is 0.318. The second-order valence-corrected chi connectivity index (χ2v) is 5.52. The Morgan fingerprint density at radius 1 is 1.15 bits per heavy atom. The number of benzene rings is 2. The number of halogens is 1. The predicted octanol–water partition coefficient (Wildman–Crippen LogP) is 2.76. The number of anilines is 2. The first-order chi connectivity index (χ1) is 9.54. The number of fused-ring (bicyclic) bond motifs is 1. The molecule has 20 heavy (non-hydrogen) atoms. The van der Waals surface area contributed by atoms with E-state index in [4.69, 9.17) is 5.73 Å². The third-order valence-corrected chi connectivity index (χ3v) is 3.97. The average Bonchev–Trinajstić information content (AvgIpc) is 2.80. The Hall–Kier alpha value is -2.14. The van der Waals surface area contributed by atoms with Crippen LogP contribution in [0.5, 0.6) is 0 Å². The summed E-state index contributed by atoms with van der Waals surface area (Å²) in [5.74, 6) is -0.149. The highest BCUT2D eigenvalue weighted by atomic mass is 79.9. The van der Waals surface area contributed by atoms with Crippen LogP contribution in [0.25, 0.3) is 0 Å². The number of carbonyl (C=O) groups excluding carboxylic acids is 2. The van der Waals surface area contributed by atoms with E-state index in [1.807, 2.05) is 0 Å². The molecule has 4 nitrogen and oxygen atoms in total. The van der Waals surface area contributed by atoms with Crippen LogP contribution in [0, 0.1) is 0 Å². The quantitative estimate of drug-likeness (QED) is 0.657. The summed E-state index contributed by atoms with van der Waals surface area (Å²) >= 11 is 3.30. The summed E-state index contributed by atoms with van der Waals surface area (Å²) in [4.78, 5) is 23.7. The maximum atomic E-state index is 12.4. The van der Waals surface area contributed by atoms with Crippen molar-refractivity contribution in [3.63, 3.8) is 0 Å². The minimum Gasteiger partial charge on any atom is -0.398 e. The molecule has 0 fully saturated rings. The lowest BCUT2D eigenvalue weighted by Crippen LogP contribution is -2.03. The Morgan fingerprint density at radius 2 is 1.85 bits per heavy atom. The molecule has 0 atom stereocenters. The van der Waals surface area contributed by atoms with Crippen molar-refractivity contribution in [2.24, 2.45) is 0 Å². The van der Waals surface area contributed by atoms with Crippen LogP contribution in [-0.4, -0.2) is 11.7 Å². The molecule has 1 aliphatic heterocycles. The Balaban J connectivity index is 1.97. The van der Waals surface area contributed by atoms with E-state index in [0.717, 1.165) is 15.7 Å². The molecule has 0 saturated heterocycles. The molecule has 1 aliphatic rings. The summed E-state index contributed by atoms with van der Waals surface area (Å²) in [6.45, 7) is 0. The first-order valence-corrected chi connectivity index (χ1v) is 6.86.